The van der Waals surface area contributed by atoms with Crippen LogP contribution in [-0.2, 0) is 6.54 Å². The topological polar surface area (TPSA) is 40.2 Å². The summed E-state index contributed by atoms with van der Waals surface area (Å²) in [6, 6.07) is 10.1. The molecule has 19 heavy (non-hydrogen) atoms. The van der Waals surface area contributed by atoms with Crippen molar-refractivity contribution in [2.45, 2.75) is 25.9 Å². The first-order valence-corrected chi connectivity index (χ1v) is 7.28. The van der Waals surface area contributed by atoms with Crippen LogP contribution in [0.4, 0.5) is 0 Å². The molecule has 3 nitrogen and oxygen atoms in total. The fraction of sp³-hybridized carbons (Fsp3) is 0.333. The van der Waals surface area contributed by atoms with Crippen LogP contribution >= 0.6 is 15.9 Å². The Morgan fingerprint density at radius 2 is 2.00 bits per heavy atom. The molecule has 2 N–H and O–H groups in total. The second kappa shape index (κ2) is 6.78. The first kappa shape index (κ1) is 14.2. The van der Waals surface area contributed by atoms with Crippen molar-refractivity contribution in [1.29, 1.82) is 0 Å². The first-order chi connectivity index (χ1) is 9.19. The lowest BCUT2D eigenvalue weighted by Gasteiger charge is -2.08. The molecule has 1 atom stereocenters. The Morgan fingerprint density at radius 1 is 1.26 bits per heavy atom. The Bertz CT molecular complexity index is 507. The average Bonchev–Trinajstić information content (AvgIpc) is 2.89. The lowest BCUT2D eigenvalue weighted by atomic mass is 10.1. The molecule has 2 rings (SSSR count). The van der Waals surface area contributed by atoms with Crippen LogP contribution in [0.3, 0.4) is 0 Å². The van der Waals surface area contributed by atoms with Crippen molar-refractivity contribution in [3.8, 4) is 5.75 Å². The molecule has 0 amide bonds. The van der Waals surface area contributed by atoms with Crippen molar-refractivity contribution in [2.75, 3.05) is 6.61 Å². The van der Waals surface area contributed by atoms with Crippen molar-refractivity contribution in [2.24, 2.45) is 5.73 Å². The van der Waals surface area contributed by atoms with Gasteiger partial charge in [-0.05, 0) is 42.3 Å². The zero-order chi connectivity index (χ0) is 13.7. The van der Waals surface area contributed by atoms with Crippen LogP contribution in [0.5, 0.6) is 5.75 Å². The minimum absolute atomic E-state index is 0.133. The van der Waals surface area contributed by atoms with Crippen LogP contribution in [0.2, 0.25) is 0 Å². The number of hydrogen-bond donors (Lipinski definition) is 1. The van der Waals surface area contributed by atoms with E-state index in [1.165, 1.54) is 5.56 Å². The molecule has 102 valence electrons. The van der Waals surface area contributed by atoms with Crippen LogP contribution < -0.4 is 10.5 Å². The largest absolute Gasteiger partial charge is 0.492 e. The molecule has 0 fully saturated rings. The first-order valence-electron chi connectivity index (χ1n) is 6.48. The van der Waals surface area contributed by atoms with Crippen LogP contribution in [-0.4, -0.2) is 11.2 Å². The molecule has 0 saturated carbocycles. The molecule has 4 heteroatoms. The quantitative estimate of drug-likeness (QED) is 0.880. The molecule has 0 spiro atoms. The average molecular weight is 323 g/mol. The van der Waals surface area contributed by atoms with E-state index in [0.717, 1.165) is 23.2 Å². The predicted molar refractivity (Wildman–Crippen MR) is 81.3 cm³/mol. The Hall–Kier alpha value is -1.26. The fourth-order valence-corrected chi connectivity index (χ4v) is 2.12. The molecular formula is C15H19BrN2O. The minimum Gasteiger partial charge on any atom is -0.492 e. The van der Waals surface area contributed by atoms with Gasteiger partial charge in [0.05, 0.1) is 6.54 Å². The number of nitrogens with zero attached hydrogens (tertiary/aromatic N) is 1. The minimum atomic E-state index is 0.133. The van der Waals surface area contributed by atoms with E-state index < -0.39 is 0 Å². The van der Waals surface area contributed by atoms with Gasteiger partial charge in [-0.3, -0.25) is 0 Å². The number of aromatic nitrogens is 1. The van der Waals surface area contributed by atoms with Gasteiger partial charge >= 0.3 is 0 Å². The number of benzene rings is 1. The summed E-state index contributed by atoms with van der Waals surface area (Å²) in [5.74, 6) is 0.890. The molecule has 1 aromatic carbocycles. The molecule has 0 aliphatic carbocycles. The van der Waals surface area contributed by atoms with Crippen LogP contribution in [0.15, 0.2) is 47.2 Å². The fourth-order valence-electron chi connectivity index (χ4n) is 1.85. The zero-order valence-electron chi connectivity index (χ0n) is 11.1. The van der Waals surface area contributed by atoms with Crippen LogP contribution in [0.25, 0.3) is 0 Å². The molecule has 1 aromatic heterocycles. The summed E-state index contributed by atoms with van der Waals surface area (Å²) < 4.78 is 8.86. The highest BCUT2D eigenvalue weighted by atomic mass is 79.9. The summed E-state index contributed by atoms with van der Waals surface area (Å²) in [7, 11) is 0. The van der Waals surface area contributed by atoms with E-state index in [0.29, 0.717) is 6.61 Å². The van der Waals surface area contributed by atoms with Crippen LogP contribution in [0.1, 0.15) is 24.9 Å². The third kappa shape index (κ3) is 4.11. The molecule has 0 aliphatic heterocycles. The van der Waals surface area contributed by atoms with Gasteiger partial charge in [-0.25, -0.2) is 0 Å². The van der Waals surface area contributed by atoms with E-state index in [1.54, 1.807) is 0 Å². The van der Waals surface area contributed by atoms with Crippen LogP contribution in [0, 0.1) is 0 Å². The molecule has 0 aliphatic rings. The van der Waals surface area contributed by atoms with Gasteiger partial charge in [-0.2, -0.15) is 0 Å². The van der Waals surface area contributed by atoms with Gasteiger partial charge in [0.1, 0.15) is 12.4 Å². The molecule has 1 heterocycles. The second-order valence-corrected chi connectivity index (χ2v) is 5.42. The third-order valence-electron chi connectivity index (χ3n) is 3.07. The summed E-state index contributed by atoms with van der Waals surface area (Å²) in [6.45, 7) is 3.57. The summed E-state index contributed by atoms with van der Waals surface area (Å²) in [5, 5.41) is 0. The molecule has 1 unspecified atom stereocenters. The highest BCUT2D eigenvalue weighted by Gasteiger charge is 2.04. The van der Waals surface area contributed by atoms with Gasteiger partial charge in [0, 0.05) is 22.9 Å². The summed E-state index contributed by atoms with van der Waals surface area (Å²) >= 11 is 3.40. The predicted octanol–water partition coefficient (Wildman–Crippen LogP) is 3.74. The molecular weight excluding hydrogens is 304 g/mol. The number of rotatable bonds is 6. The Labute approximate surface area is 122 Å². The van der Waals surface area contributed by atoms with E-state index >= 15 is 0 Å². The van der Waals surface area contributed by atoms with E-state index in [-0.39, 0.29) is 6.04 Å². The highest BCUT2D eigenvalue weighted by Crippen LogP contribution is 2.16. The van der Waals surface area contributed by atoms with Gasteiger partial charge in [0.25, 0.3) is 0 Å². The van der Waals surface area contributed by atoms with E-state index in [9.17, 15) is 0 Å². The molecule has 0 radical (unpaired) electrons. The SMILES string of the molecule is CCC(N)c1ccn(CCOc2ccc(Br)cc2)c1. The Morgan fingerprint density at radius 3 is 2.68 bits per heavy atom. The van der Waals surface area contributed by atoms with Gasteiger partial charge in [0.2, 0.25) is 0 Å². The van der Waals surface area contributed by atoms with Crippen molar-refractivity contribution >= 4 is 15.9 Å². The lowest BCUT2D eigenvalue weighted by Crippen LogP contribution is -2.09. The van der Waals surface area contributed by atoms with Crippen molar-refractivity contribution in [3.05, 3.63) is 52.8 Å². The maximum Gasteiger partial charge on any atom is 0.119 e. The van der Waals surface area contributed by atoms with Crippen molar-refractivity contribution in [3.63, 3.8) is 0 Å². The maximum atomic E-state index is 5.99. The third-order valence-corrected chi connectivity index (χ3v) is 3.60. The Balaban J connectivity index is 1.82. The van der Waals surface area contributed by atoms with Gasteiger partial charge in [0.15, 0.2) is 0 Å². The Kier molecular flexibility index (Phi) is 5.05. The maximum absolute atomic E-state index is 5.99. The van der Waals surface area contributed by atoms with Gasteiger partial charge in [-0.1, -0.05) is 22.9 Å². The molecule has 0 saturated heterocycles. The number of nitrogens with two attached hydrogens (primary N) is 1. The van der Waals surface area contributed by atoms with E-state index in [4.69, 9.17) is 10.5 Å². The zero-order valence-corrected chi connectivity index (χ0v) is 12.6. The monoisotopic (exact) mass is 322 g/mol. The molecule has 2 aromatic rings. The number of hydrogen-bond acceptors (Lipinski definition) is 2. The van der Waals surface area contributed by atoms with E-state index in [1.807, 2.05) is 24.3 Å². The number of halogens is 1. The molecule has 0 bridgehead atoms. The standard InChI is InChI=1S/C15H19BrN2O/c1-2-15(17)12-7-8-18(11-12)9-10-19-14-5-3-13(16)4-6-14/h3-8,11,15H,2,9-10,17H2,1H3. The summed E-state index contributed by atoms with van der Waals surface area (Å²) in [4.78, 5) is 0. The van der Waals surface area contributed by atoms with Gasteiger partial charge in [-0.15, -0.1) is 0 Å². The highest BCUT2D eigenvalue weighted by molar-refractivity contribution is 9.10. The smallest absolute Gasteiger partial charge is 0.119 e. The van der Waals surface area contributed by atoms with E-state index in [2.05, 4.69) is 45.9 Å². The summed E-state index contributed by atoms with van der Waals surface area (Å²) in [5.41, 5.74) is 7.18. The summed E-state index contributed by atoms with van der Waals surface area (Å²) in [6.07, 6.45) is 5.11. The van der Waals surface area contributed by atoms with Crippen molar-refractivity contribution < 1.29 is 4.74 Å². The van der Waals surface area contributed by atoms with Crippen molar-refractivity contribution in [1.82, 2.24) is 4.57 Å². The van der Waals surface area contributed by atoms with Gasteiger partial charge < -0.3 is 15.0 Å². The second-order valence-electron chi connectivity index (χ2n) is 4.50. The lowest BCUT2D eigenvalue weighted by molar-refractivity contribution is 0.298. The normalized spacial score (nSPS) is 12.4. The number of ether oxygens (including phenoxy) is 1.